The van der Waals surface area contributed by atoms with Crippen LogP contribution in [0.2, 0.25) is 0 Å². The van der Waals surface area contributed by atoms with E-state index in [1.807, 2.05) is 18.2 Å². The van der Waals surface area contributed by atoms with Gasteiger partial charge in [0.2, 0.25) is 0 Å². The first-order chi connectivity index (χ1) is 8.67. The molecule has 0 amide bonds. The molecule has 0 heterocycles. The monoisotopic (exact) mass is 255 g/mol. The van der Waals surface area contributed by atoms with Gasteiger partial charge in [-0.1, -0.05) is 13.8 Å². The number of rotatable bonds is 8. The van der Waals surface area contributed by atoms with E-state index in [-0.39, 0.29) is 6.61 Å². The summed E-state index contributed by atoms with van der Waals surface area (Å²) < 4.78 is 22.7. The number of hydrogen-bond donors (Lipinski definition) is 1. The predicted octanol–water partition coefficient (Wildman–Crippen LogP) is 2.79. The average molecular weight is 255 g/mol. The summed E-state index contributed by atoms with van der Waals surface area (Å²) in [5.41, 5.74) is 0.989. The average Bonchev–Trinajstić information content (AvgIpc) is 2.36. The van der Waals surface area contributed by atoms with Crippen LogP contribution in [-0.4, -0.2) is 26.9 Å². The minimum atomic E-state index is -0.481. The third-order valence-electron chi connectivity index (χ3n) is 2.47. The molecule has 0 saturated heterocycles. The van der Waals surface area contributed by atoms with Crippen LogP contribution in [0.4, 0.5) is 4.39 Å². The van der Waals surface area contributed by atoms with E-state index in [4.69, 9.17) is 9.47 Å². The molecule has 1 aromatic rings. The van der Waals surface area contributed by atoms with Crippen molar-refractivity contribution in [3.63, 3.8) is 0 Å². The second kappa shape index (κ2) is 7.93. The van der Waals surface area contributed by atoms with Gasteiger partial charge in [-0.2, -0.15) is 0 Å². The largest absolute Gasteiger partial charge is 0.497 e. The van der Waals surface area contributed by atoms with Crippen LogP contribution >= 0.6 is 0 Å². The van der Waals surface area contributed by atoms with Crippen molar-refractivity contribution in [1.29, 1.82) is 0 Å². The molecule has 4 heteroatoms. The molecular formula is C14H22FNO2. The fraction of sp³-hybridized carbons (Fsp3) is 0.571. The van der Waals surface area contributed by atoms with E-state index in [0.29, 0.717) is 18.2 Å². The van der Waals surface area contributed by atoms with Crippen LogP contribution < -0.4 is 14.8 Å². The van der Waals surface area contributed by atoms with Gasteiger partial charge in [0.15, 0.2) is 0 Å². The van der Waals surface area contributed by atoms with Crippen LogP contribution in [0, 0.1) is 5.92 Å². The van der Waals surface area contributed by atoms with Crippen molar-refractivity contribution in [2.75, 3.05) is 26.9 Å². The normalized spacial score (nSPS) is 10.7. The quantitative estimate of drug-likeness (QED) is 0.775. The lowest BCUT2D eigenvalue weighted by Crippen LogP contribution is -2.19. The first kappa shape index (κ1) is 14.8. The minimum Gasteiger partial charge on any atom is -0.497 e. The lowest BCUT2D eigenvalue weighted by molar-refractivity contribution is 0.270. The van der Waals surface area contributed by atoms with Gasteiger partial charge in [0, 0.05) is 12.1 Å². The Kier molecular flexibility index (Phi) is 6.50. The van der Waals surface area contributed by atoms with Crippen LogP contribution in [0.25, 0.3) is 0 Å². The number of hydrogen-bond acceptors (Lipinski definition) is 3. The molecule has 1 N–H and O–H groups in total. The minimum absolute atomic E-state index is 0.0868. The summed E-state index contributed by atoms with van der Waals surface area (Å²) in [6.07, 6.45) is 0. The van der Waals surface area contributed by atoms with Gasteiger partial charge in [-0.3, -0.25) is 0 Å². The maximum Gasteiger partial charge on any atom is 0.124 e. The smallest absolute Gasteiger partial charge is 0.124 e. The number of benzene rings is 1. The zero-order valence-electron chi connectivity index (χ0n) is 11.3. The number of alkyl halides is 1. The van der Waals surface area contributed by atoms with Gasteiger partial charge in [-0.15, -0.1) is 0 Å². The molecule has 0 unspecified atom stereocenters. The molecule has 0 aliphatic rings. The second-order valence-corrected chi connectivity index (χ2v) is 4.54. The summed E-state index contributed by atoms with van der Waals surface area (Å²) in [5.74, 6) is 2.08. The van der Waals surface area contributed by atoms with Crippen LogP contribution in [0.3, 0.4) is 0 Å². The number of nitrogens with one attached hydrogen (secondary N) is 1. The molecule has 3 nitrogen and oxygen atoms in total. The van der Waals surface area contributed by atoms with Crippen molar-refractivity contribution in [1.82, 2.24) is 5.32 Å². The fourth-order valence-corrected chi connectivity index (χ4v) is 1.61. The van der Waals surface area contributed by atoms with Crippen molar-refractivity contribution in [3.05, 3.63) is 23.8 Å². The van der Waals surface area contributed by atoms with Crippen molar-refractivity contribution >= 4 is 0 Å². The Labute approximate surface area is 108 Å². The summed E-state index contributed by atoms with van der Waals surface area (Å²) in [6.45, 7) is 5.53. The molecule has 0 bridgehead atoms. The highest BCUT2D eigenvalue weighted by molar-refractivity contribution is 5.40. The molecule has 0 aliphatic carbocycles. The number of methoxy groups -OCH3 is 1. The van der Waals surface area contributed by atoms with Crippen LogP contribution in [-0.2, 0) is 6.54 Å². The standard InChI is InChI=1S/C14H22FNO2/c1-11(2)9-16-10-12-8-13(17-3)4-5-14(12)18-7-6-15/h4-5,8,11,16H,6-7,9-10H2,1-3H3. The van der Waals surface area contributed by atoms with Crippen molar-refractivity contribution in [3.8, 4) is 11.5 Å². The Morgan fingerprint density at radius 2 is 2.11 bits per heavy atom. The number of ether oxygens (including phenoxy) is 2. The van der Waals surface area contributed by atoms with Gasteiger partial charge >= 0.3 is 0 Å². The Hall–Kier alpha value is -1.29. The van der Waals surface area contributed by atoms with Gasteiger partial charge in [0.1, 0.15) is 24.8 Å². The summed E-state index contributed by atoms with van der Waals surface area (Å²) >= 11 is 0. The molecule has 102 valence electrons. The van der Waals surface area contributed by atoms with E-state index in [0.717, 1.165) is 17.9 Å². The topological polar surface area (TPSA) is 30.5 Å². The lowest BCUT2D eigenvalue weighted by atomic mass is 10.1. The third kappa shape index (κ3) is 4.92. The zero-order chi connectivity index (χ0) is 13.4. The van der Waals surface area contributed by atoms with Crippen LogP contribution in [0.5, 0.6) is 11.5 Å². The van der Waals surface area contributed by atoms with E-state index in [1.165, 1.54) is 0 Å². The van der Waals surface area contributed by atoms with E-state index < -0.39 is 6.67 Å². The summed E-state index contributed by atoms with van der Waals surface area (Å²) in [5, 5.41) is 3.34. The third-order valence-corrected chi connectivity index (χ3v) is 2.47. The van der Waals surface area contributed by atoms with Crippen LogP contribution in [0.15, 0.2) is 18.2 Å². The van der Waals surface area contributed by atoms with E-state index >= 15 is 0 Å². The van der Waals surface area contributed by atoms with Crippen molar-refractivity contribution < 1.29 is 13.9 Å². The summed E-state index contributed by atoms with van der Waals surface area (Å²) in [7, 11) is 1.63. The zero-order valence-corrected chi connectivity index (χ0v) is 11.3. The van der Waals surface area contributed by atoms with E-state index in [9.17, 15) is 4.39 Å². The first-order valence-electron chi connectivity index (χ1n) is 6.23. The van der Waals surface area contributed by atoms with E-state index in [2.05, 4.69) is 19.2 Å². The molecule has 18 heavy (non-hydrogen) atoms. The molecule has 1 rings (SSSR count). The van der Waals surface area contributed by atoms with Gasteiger partial charge in [0.05, 0.1) is 7.11 Å². The predicted molar refractivity (Wildman–Crippen MR) is 71.0 cm³/mol. The molecule has 0 aliphatic heterocycles. The second-order valence-electron chi connectivity index (χ2n) is 4.54. The molecule has 0 fully saturated rings. The summed E-state index contributed by atoms with van der Waals surface area (Å²) in [4.78, 5) is 0. The maximum absolute atomic E-state index is 12.1. The fourth-order valence-electron chi connectivity index (χ4n) is 1.61. The molecule has 0 spiro atoms. The SMILES string of the molecule is COc1ccc(OCCF)c(CNCC(C)C)c1. The Bertz CT molecular complexity index is 356. The van der Waals surface area contributed by atoms with Gasteiger partial charge in [0.25, 0.3) is 0 Å². The molecule has 0 aromatic heterocycles. The van der Waals surface area contributed by atoms with Crippen molar-refractivity contribution in [2.45, 2.75) is 20.4 Å². The molecular weight excluding hydrogens is 233 g/mol. The Balaban J connectivity index is 2.69. The molecule has 1 aromatic carbocycles. The van der Waals surface area contributed by atoms with Crippen molar-refractivity contribution in [2.24, 2.45) is 5.92 Å². The Morgan fingerprint density at radius 1 is 1.33 bits per heavy atom. The highest BCUT2D eigenvalue weighted by Gasteiger charge is 2.06. The maximum atomic E-state index is 12.1. The van der Waals surface area contributed by atoms with Crippen LogP contribution in [0.1, 0.15) is 19.4 Å². The van der Waals surface area contributed by atoms with Gasteiger partial charge < -0.3 is 14.8 Å². The Morgan fingerprint density at radius 3 is 2.72 bits per heavy atom. The van der Waals surface area contributed by atoms with E-state index in [1.54, 1.807) is 7.11 Å². The van der Waals surface area contributed by atoms with Gasteiger partial charge in [-0.05, 0) is 30.7 Å². The highest BCUT2D eigenvalue weighted by Crippen LogP contribution is 2.24. The highest BCUT2D eigenvalue weighted by atomic mass is 19.1. The number of halogens is 1. The molecule has 0 saturated carbocycles. The first-order valence-corrected chi connectivity index (χ1v) is 6.23. The molecule has 0 radical (unpaired) electrons. The van der Waals surface area contributed by atoms with Gasteiger partial charge in [-0.25, -0.2) is 4.39 Å². The lowest BCUT2D eigenvalue weighted by Gasteiger charge is -2.13. The molecule has 0 atom stereocenters. The summed E-state index contributed by atoms with van der Waals surface area (Å²) in [6, 6.07) is 5.56.